The average molecular weight is 592 g/mol. The minimum Gasteiger partial charge on any atom is -0.504 e. The summed E-state index contributed by atoms with van der Waals surface area (Å²) in [7, 11) is 0. The Morgan fingerprint density at radius 1 is 0.400 bits per heavy atom. The van der Waals surface area contributed by atoms with Crippen LogP contribution in [0.1, 0.15) is 0 Å². The number of phenolic OH excluding ortho intramolecular Hbond substituents is 5. The third-order valence-electron chi connectivity index (χ3n) is 7.71. The van der Waals surface area contributed by atoms with Gasteiger partial charge in [-0.05, 0) is 57.8 Å². The first-order chi connectivity index (χ1) is 21.9. The van der Waals surface area contributed by atoms with E-state index in [1.807, 2.05) is 72.8 Å². The van der Waals surface area contributed by atoms with Crippen LogP contribution in [0.25, 0.3) is 66.9 Å². The van der Waals surface area contributed by atoms with E-state index in [1.165, 1.54) is 0 Å². The van der Waals surface area contributed by atoms with Gasteiger partial charge in [0.15, 0.2) is 17.3 Å². The van der Waals surface area contributed by atoms with Gasteiger partial charge in [0.25, 0.3) is 0 Å². The molecule has 0 saturated heterocycles. The summed E-state index contributed by atoms with van der Waals surface area (Å²) in [6.45, 7) is 0. The molecule has 0 saturated carbocycles. The molecule has 2 aromatic heterocycles. The van der Waals surface area contributed by atoms with Gasteiger partial charge >= 0.3 is 0 Å². The van der Waals surface area contributed by atoms with Crippen molar-refractivity contribution in [3.8, 4) is 84.9 Å². The van der Waals surface area contributed by atoms with Gasteiger partial charge in [-0.25, -0.2) is 9.97 Å². The molecule has 45 heavy (non-hydrogen) atoms. The zero-order valence-electron chi connectivity index (χ0n) is 23.6. The second-order valence-corrected chi connectivity index (χ2v) is 10.5. The van der Waals surface area contributed by atoms with Crippen LogP contribution in [-0.4, -0.2) is 40.5 Å². The Morgan fingerprint density at radius 3 is 1.56 bits per heavy atom. The maximum absolute atomic E-state index is 10.8. The maximum Gasteiger partial charge on any atom is 0.208 e. The van der Waals surface area contributed by atoms with Gasteiger partial charge in [0.2, 0.25) is 17.2 Å². The fourth-order valence-electron chi connectivity index (χ4n) is 5.37. The van der Waals surface area contributed by atoms with E-state index in [9.17, 15) is 25.5 Å². The molecule has 0 amide bonds. The van der Waals surface area contributed by atoms with E-state index >= 15 is 0 Å². The summed E-state index contributed by atoms with van der Waals surface area (Å²) in [5.74, 6) is -5.00. The average Bonchev–Trinajstić information content (AvgIpc) is 3.10. The first kappa shape index (κ1) is 27.4. The molecule has 0 fully saturated rings. The Labute approximate surface area is 257 Å². The zero-order valence-corrected chi connectivity index (χ0v) is 23.6. The minimum absolute atomic E-state index is 0.175. The van der Waals surface area contributed by atoms with Gasteiger partial charge in [0, 0.05) is 29.1 Å². The Morgan fingerprint density at radius 2 is 0.933 bits per heavy atom. The number of benzene rings is 5. The van der Waals surface area contributed by atoms with Crippen molar-refractivity contribution >= 4 is 10.8 Å². The number of aromatic nitrogens is 3. The number of fused-ring (bicyclic) bond motifs is 1. The molecule has 5 N–H and O–H groups in total. The molecule has 0 aliphatic rings. The van der Waals surface area contributed by atoms with E-state index in [2.05, 4.69) is 45.3 Å². The van der Waals surface area contributed by atoms with Crippen molar-refractivity contribution in [2.75, 3.05) is 0 Å². The fourth-order valence-corrected chi connectivity index (χ4v) is 5.37. The monoisotopic (exact) mass is 591 g/mol. The molecule has 0 radical (unpaired) electrons. The van der Waals surface area contributed by atoms with Gasteiger partial charge in [-0.3, -0.25) is 4.98 Å². The van der Waals surface area contributed by atoms with Crippen molar-refractivity contribution in [3.63, 3.8) is 0 Å². The van der Waals surface area contributed by atoms with Crippen molar-refractivity contribution in [2.24, 2.45) is 0 Å². The highest BCUT2D eigenvalue weighted by Gasteiger charge is 2.27. The summed E-state index contributed by atoms with van der Waals surface area (Å²) in [4.78, 5) is 13.5. The molecule has 8 heteroatoms. The summed E-state index contributed by atoms with van der Waals surface area (Å²) in [6, 6.07) is 35.4. The van der Waals surface area contributed by atoms with Gasteiger partial charge < -0.3 is 25.5 Å². The van der Waals surface area contributed by atoms with Crippen molar-refractivity contribution in [1.29, 1.82) is 0 Å². The van der Waals surface area contributed by atoms with Gasteiger partial charge in [0.05, 0.1) is 11.4 Å². The molecule has 218 valence electrons. The van der Waals surface area contributed by atoms with Crippen LogP contribution in [-0.2, 0) is 0 Å². The highest BCUT2D eigenvalue weighted by Crippen LogP contribution is 2.54. The van der Waals surface area contributed by atoms with Crippen LogP contribution in [0.3, 0.4) is 0 Å². The Balaban J connectivity index is 1.42. The number of hydrogen-bond acceptors (Lipinski definition) is 8. The molecular formula is C37H25N3O5. The molecule has 0 spiro atoms. The summed E-state index contributed by atoms with van der Waals surface area (Å²) in [5.41, 5.74) is 5.66. The summed E-state index contributed by atoms with van der Waals surface area (Å²) in [5, 5.41) is 54.3. The molecule has 2 heterocycles. The van der Waals surface area contributed by atoms with E-state index < -0.39 is 34.3 Å². The number of phenols is 5. The standard InChI is InChI=1S/C37H25N3O5/c41-32-31(33(42)35(44)36(45)34(32)43)37-39-29(19-30(40-37)27-11-4-9-24(18-27)28-12-5-15-38-20-28)26-10-3-8-23(17-26)25-14-13-21-6-1-2-7-22(21)16-25/h1-20,41-45H. The number of hydrogen-bond donors (Lipinski definition) is 5. The van der Waals surface area contributed by atoms with Crippen LogP contribution < -0.4 is 0 Å². The second-order valence-electron chi connectivity index (χ2n) is 10.5. The van der Waals surface area contributed by atoms with Gasteiger partial charge in [0.1, 0.15) is 5.56 Å². The van der Waals surface area contributed by atoms with E-state index in [4.69, 9.17) is 0 Å². The Kier molecular flexibility index (Phi) is 6.71. The summed E-state index contributed by atoms with van der Waals surface area (Å²) in [6.07, 6.45) is 3.45. The molecule has 0 bridgehead atoms. The quantitative estimate of drug-likeness (QED) is 0.101. The summed E-state index contributed by atoms with van der Waals surface area (Å²) >= 11 is 0. The normalized spacial score (nSPS) is 11.1. The topological polar surface area (TPSA) is 140 Å². The lowest BCUT2D eigenvalue weighted by Crippen LogP contribution is -1.97. The Bertz CT molecular complexity index is 2210. The molecule has 7 rings (SSSR count). The molecule has 0 unspecified atom stereocenters. The first-order valence-corrected chi connectivity index (χ1v) is 14.1. The van der Waals surface area contributed by atoms with E-state index in [0.717, 1.165) is 38.6 Å². The Hall–Kier alpha value is -6.41. The molecule has 7 aromatic rings. The third-order valence-corrected chi connectivity index (χ3v) is 7.71. The van der Waals surface area contributed by atoms with Gasteiger partial charge in [-0.1, -0.05) is 78.9 Å². The van der Waals surface area contributed by atoms with Gasteiger partial charge in [-0.15, -0.1) is 0 Å². The summed E-state index contributed by atoms with van der Waals surface area (Å²) < 4.78 is 0. The van der Waals surface area contributed by atoms with Crippen LogP contribution in [0.2, 0.25) is 0 Å². The van der Waals surface area contributed by atoms with E-state index in [0.29, 0.717) is 17.0 Å². The van der Waals surface area contributed by atoms with Crippen molar-refractivity contribution in [1.82, 2.24) is 15.0 Å². The maximum atomic E-state index is 10.8. The SMILES string of the molecule is Oc1c(O)c(O)c(-c2nc(-c3cccc(-c4cccnc4)c3)cc(-c3cccc(-c4ccc5ccccc5c4)c3)n2)c(O)c1O. The molecule has 5 aromatic carbocycles. The van der Waals surface area contributed by atoms with Crippen molar-refractivity contribution in [2.45, 2.75) is 0 Å². The van der Waals surface area contributed by atoms with Gasteiger partial charge in [-0.2, -0.15) is 0 Å². The lowest BCUT2D eigenvalue weighted by atomic mass is 9.98. The lowest BCUT2D eigenvalue weighted by molar-refractivity contribution is 0.329. The highest BCUT2D eigenvalue weighted by molar-refractivity contribution is 5.88. The molecule has 0 atom stereocenters. The molecular weight excluding hydrogens is 566 g/mol. The van der Waals surface area contributed by atoms with E-state index in [1.54, 1.807) is 18.5 Å². The van der Waals surface area contributed by atoms with Crippen molar-refractivity contribution in [3.05, 3.63) is 122 Å². The van der Waals surface area contributed by atoms with Crippen LogP contribution in [0.15, 0.2) is 122 Å². The number of pyridine rings is 1. The molecule has 8 nitrogen and oxygen atoms in total. The number of aromatic hydroxyl groups is 5. The van der Waals surface area contributed by atoms with Crippen LogP contribution in [0, 0.1) is 0 Å². The third kappa shape index (κ3) is 5.00. The minimum atomic E-state index is -1.06. The molecule has 0 aliphatic carbocycles. The van der Waals surface area contributed by atoms with Crippen LogP contribution in [0.4, 0.5) is 0 Å². The highest BCUT2D eigenvalue weighted by atomic mass is 16.4. The largest absolute Gasteiger partial charge is 0.504 e. The first-order valence-electron chi connectivity index (χ1n) is 14.1. The van der Waals surface area contributed by atoms with E-state index in [-0.39, 0.29) is 5.82 Å². The fraction of sp³-hybridized carbons (Fsp3) is 0. The number of rotatable bonds is 5. The smallest absolute Gasteiger partial charge is 0.208 e. The van der Waals surface area contributed by atoms with Crippen molar-refractivity contribution < 1.29 is 25.5 Å². The lowest BCUT2D eigenvalue weighted by Gasteiger charge is -2.14. The predicted molar refractivity (Wildman–Crippen MR) is 173 cm³/mol. The number of nitrogens with zero attached hydrogens (tertiary/aromatic N) is 3. The zero-order chi connectivity index (χ0) is 31.1. The second kappa shape index (κ2) is 11.0. The predicted octanol–water partition coefficient (Wildman–Crippen LogP) is 7.89. The van der Waals surface area contributed by atoms with Crippen LogP contribution in [0.5, 0.6) is 28.7 Å². The van der Waals surface area contributed by atoms with Crippen LogP contribution >= 0.6 is 0 Å². The molecule has 0 aliphatic heterocycles.